The molecule has 0 atom stereocenters. The number of rotatable bonds is 5. The van der Waals surface area contributed by atoms with Gasteiger partial charge in [0, 0.05) is 17.5 Å². The van der Waals surface area contributed by atoms with E-state index < -0.39 is 20.5 Å². The van der Waals surface area contributed by atoms with Gasteiger partial charge in [-0.15, -0.1) is 17.5 Å². The van der Waals surface area contributed by atoms with Crippen molar-refractivity contribution in [1.82, 2.24) is 25.5 Å². The van der Waals surface area contributed by atoms with Crippen LogP contribution in [0.1, 0.15) is 31.7 Å². The number of benzene rings is 1. The van der Waals surface area contributed by atoms with Gasteiger partial charge in [0.2, 0.25) is 5.91 Å². The number of sulfone groups is 1. The number of nitrogens with zero attached hydrogens (tertiary/aromatic N) is 4. The Hall–Kier alpha value is -2.04. The second-order valence-electron chi connectivity index (χ2n) is 7.23. The van der Waals surface area contributed by atoms with E-state index in [1.54, 1.807) is 22.9 Å². The molecule has 1 aromatic heterocycles. The Bertz CT molecular complexity index is 967. The molecule has 152 valence electrons. The molecule has 9 nitrogen and oxygen atoms in total. The Morgan fingerprint density at radius 2 is 2.00 bits per heavy atom. The number of hydrogen-bond acceptors (Lipinski definition) is 7. The predicted octanol–water partition coefficient (Wildman–Crippen LogP) is 1.20. The summed E-state index contributed by atoms with van der Waals surface area (Å²) in [6, 6.07) is 7.52. The van der Waals surface area contributed by atoms with E-state index in [1.165, 1.54) is 0 Å². The standard InChI is InChI=1S/C17H22N6O3S.ClH/c1-27(25,26)17(7-9-18-10-8-17)16(24)19-13-4-2-3-12(11-13)15-20-21-22-23(15)14-5-6-14;/h2-4,11,14,18H,5-10H2,1H3,(H,19,24);1H. The first-order chi connectivity index (χ1) is 12.9. The number of nitrogens with one attached hydrogen (secondary N) is 2. The molecule has 0 unspecified atom stereocenters. The maximum atomic E-state index is 13.0. The van der Waals surface area contributed by atoms with E-state index >= 15 is 0 Å². The Balaban J connectivity index is 0.00000225. The van der Waals surface area contributed by atoms with Crippen molar-refractivity contribution >= 4 is 33.8 Å². The smallest absolute Gasteiger partial charge is 0.245 e. The molecule has 1 aromatic carbocycles. The van der Waals surface area contributed by atoms with Gasteiger partial charge < -0.3 is 10.6 Å². The number of hydrogen-bond donors (Lipinski definition) is 2. The van der Waals surface area contributed by atoms with Crippen LogP contribution < -0.4 is 10.6 Å². The molecule has 2 aliphatic rings. The lowest BCUT2D eigenvalue weighted by atomic mass is 9.95. The first kappa shape index (κ1) is 20.7. The van der Waals surface area contributed by atoms with Gasteiger partial charge in [-0.3, -0.25) is 4.79 Å². The molecular weight excluding hydrogens is 404 g/mol. The summed E-state index contributed by atoms with van der Waals surface area (Å²) in [6.07, 6.45) is 3.77. The molecule has 1 saturated heterocycles. The highest BCUT2D eigenvalue weighted by Crippen LogP contribution is 2.37. The van der Waals surface area contributed by atoms with Crippen molar-refractivity contribution in [3.05, 3.63) is 24.3 Å². The van der Waals surface area contributed by atoms with Crippen LogP contribution in [0.2, 0.25) is 0 Å². The molecule has 11 heteroatoms. The Morgan fingerprint density at radius 1 is 1.29 bits per heavy atom. The third kappa shape index (κ3) is 3.76. The fourth-order valence-electron chi connectivity index (χ4n) is 3.53. The zero-order chi connectivity index (χ0) is 19.1. The molecular formula is C17H23ClN6O3S. The fraction of sp³-hybridized carbons (Fsp3) is 0.529. The molecule has 4 rings (SSSR count). The van der Waals surface area contributed by atoms with Crippen LogP contribution in [0.3, 0.4) is 0 Å². The molecule has 0 radical (unpaired) electrons. The maximum absolute atomic E-state index is 13.0. The highest BCUT2D eigenvalue weighted by molar-refractivity contribution is 7.92. The minimum atomic E-state index is -3.56. The summed E-state index contributed by atoms with van der Waals surface area (Å²) >= 11 is 0. The van der Waals surface area contributed by atoms with Crippen molar-refractivity contribution in [2.45, 2.75) is 36.5 Å². The molecule has 2 aromatic rings. The zero-order valence-corrected chi connectivity index (χ0v) is 17.1. The van der Waals surface area contributed by atoms with Crippen molar-refractivity contribution in [3.63, 3.8) is 0 Å². The third-order valence-corrected chi connectivity index (χ3v) is 7.31. The molecule has 0 spiro atoms. The molecule has 0 bridgehead atoms. The molecule has 2 N–H and O–H groups in total. The van der Waals surface area contributed by atoms with Gasteiger partial charge in [0.15, 0.2) is 20.4 Å². The van der Waals surface area contributed by atoms with Crippen LogP contribution in [0, 0.1) is 0 Å². The number of amides is 1. The second-order valence-corrected chi connectivity index (χ2v) is 9.56. The average Bonchev–Trinajstić information content (AvgIpc) is 3.38. The summed E-state index contributed by atoms with van der Waals surface area (Å²) in [4.78, 5) is 13.0. The van der Waals surface area contributed by atoms with Gasteiger partial charge in [-0.25, -0.2) is 13.1 Å². The Kier molecular flexibility index (Phi) is 5.74. The number of carbonyl (C=O) groups excluding carboxylic acids is 1. The molecule has 1 aliphatic heterocycles. The Labute approximate surface area is 169 Å². The van der Waals surface area contributed by atoms with Crippen LogP contribution in [0.5, 0.6) is 0 Å². The summed E-state index contributed by atoms with van der Waals surface area (Å²) < 4.78 is 25.2. The molecule has 2 heterocycles. The number of piperidine rings is 1. The summed E-state index contributed by atoms with van der Waals surface area (Å²) in [5.74, 6) is 0.165. The minimum Gasteiger partial charge on any atom is -0.325 e. The van der Waals surface area contributed by atoms with E-state index in [-0.39, 0.29) is 25.2 Å². The molecule has 1 aliphatic carbocycles. The number of anilines is 1. The topological polar surface area (TPSA) is 119 Å². The van der Waals surface area contributed by atoms with E-state index in [0.29, 0.717) is 30.6 Å². The van der Waals surface area contributed by atoms with Gasteiger partial charge in [0.25, 0.3) is 0 Å². The maximum Gasteiger partial charge on any atom is 0.245 e. The van der Waals surface area contributed by atoms with Gasteiger partial charge in [0.05, 0.1) is 6.04 Å². The minimum absolute atomic E-state index is 0. The highest BCUT2D eigenvalue weighted by Gasteiger charge is 2.48. The third-order valence-electron chi connectivity index (χ3n) is 5.30. The Morgan fingerprint density at radius 3 is 2.64 bits per heavy atom. The van der Waals surface area contributed by atoms with Gasteiger partial charge in [-0.05, 0) is 61.3 Å². The van der Waals surface area contributed by atoms with Crippen molar-refractivity contribution in [2.75, 3.05) is 24.7 Å². The summed E-state index contributed by atoms with van der Waals surface area (Å²) in [6.45, 7) is 0.993. The van der Waals surface area contributed by atoms with Crippen molar-refractivity contribution < 1.29 is 13.2 Å². The van der Waals surface area contributed by atoms with E-state index in [4.69, 9.17) is 0 Å². The summed E-state index contributed by atoms with van der Waals surface area (Å²) in [7, 11) is -3.56. The zero-order valence-electron chi connectivity index (χ0n) is 15.5. The van der Waals surface area contributed by atoms with Crippen molar-refractivity contribution in [1.29, 1.82) is 0 Å². The van der Waals surface area contributed by atoms with Crippen molar-refractivity contribution in [2.24, 2.45) is 0 Å². The summed E-state index contributed by atoms with van der Waals surface area (Å²) in [5, 5.41) is 17.8. The van der Waals surface area contributed by atoms with Gasteiger partial charge >= 0.3 is 0 Å². The lowest BCUT2D eigenvalue weighted by Gasteiger charge is -2.34. The van der Waals surface area contributed by atoms with Gasteiger partial charge in [0.1, 0.15) is 0 Å². The molecule has 28 heavy (non-hydrogen) atoms. The lowest BCUT2D eigenvalue weighted by molar-refractivity contribution is -0.119. The number of carbonyl (C=O) groups is 1. The van der Waals surface area contributed by atoms with Crippen molar-refractivity contribution in [3.8, 4) is 11.4 Å². The van der Waals surface area contributed by atoms with Gasteiger partial charge in [-0.1, -0.05) is 12.1 Å². The molecule has 1 amide bonds. The highest BCUT2D eigenvalue weighted by atomic mass is 35.5. The normalized spacial score (nSPS) is 18.9. The van der Waals surface area contributed by atoms with E-state index in [9.17, 15) is 13.2 Å². The number of halogens is 1. The largest absolute Gasteiger partial charge is 0.325 e. The van der Waals surface area contributed by atoms with Gasteiger partial charge in [-0.2, -0.15) is 0 Å². The predicted molar refractivity (Wildman–Crippen MR) is 107 cm³/mol. The first-order valence-corrected chi connectivity index (χ1v) is 10.9. The van der Waals surface area contributed by atoms with E-state index in [0.717, 1.165) is 24.7 Å². The van der Waals surface area contributed by atoms with Crippen LogP contribution >= 0.6 is 12.4 Å². The summed E-state index contributed by atoms with van der Waals surface area (Å²) in [5.41, 5.74) is 1.31. The lowest BCUT2D eigenvalue weighted by Crippen LogP contribution is -2.55. The second kappa shape index (κ2) is 7.76. The van der Waals surface area contributed by atoms with Crippen LogP contribution in [-0.2, 0) is 14.6 Å². The monoisotopic (exact) mass is 426 g/mol. The SMILES string of the molecule is CS(=O)(=O)C1(C(=O)Nc2cccc(-c3nnnn3C3CC3)c2)CCNCC1.Cl. The number of aromatic nitrogens is 4. The molecule has 2 fully saturated rings. The van der Waals surface area contributed by atoms with Crippen LogP contribution in [0.25, 0.3) is 11.4 Å². The average molecular weight is 427 g/mol. The van der Waals surface area contributed by atoms with E-state index in [1.807, 2.05) is 6.07 Å². The first-order valence-electron chi connectivity index (χ1n) is 9.01. The number of tetrazole rings is 1. The quantitative estimate of drug-likeness (QED) is 0.737. The molecule has 1 saturated carbocycles. The van der Waals surface area contributed by atoms with Crippen LogP contribution in [-0.4, -0.2) is 58.6 Å². The van der Waals surface area contributed by atoms with E-state index in [2.05, 4.69) is 26.2 Å². The fourth-order valence-corrected chi connectivity index (χ4v) is 4.86. The van der Waals surface area contributed by atoms with Crippen LogP contribution in [0.15, 0.2) is 24.3 Å². The van der Waals surface area contributed by atoms with Crippen LogP contribution in [0.4, 0.5) is 5.69 Å².